The fraction of sp³-hybridized carbons (Fsp3) is 0.407. The van der Waals surface area contributed by atoms with E-state index >= 15 is 0 Å². The predicted octanol–water partition coefficient (Wildman–Crippen LogP) is 4.03. The molecule has 190 valence electrons. The van der Waals surface area contributed by atoms with Crippen LogP contribution in [0, 0.1) is 17.7 Å². The number of carbonyl (C=O) groups excluding carboxylic acids is 2. The van der Waals surface area contributed by atoms with E-state index in [1.54, 1.807) is 37.8 Å². The average molecular weight is 494 g/mol. The molecule has 0 bridgehead atoms. The van der Waals surface area contributed by atoms with Crippen LogP contribution in [-0.2, 0) is 20.9 Å². The van der Waals surface area contributed by atoms with Crippen LogP contribution in [0.1, 0.15) is 38.7 Å². The minimum Gasteiger partial charge on any atom is -0.384 e. The second-order valence-corrected chi connectivity index (χ2v) is 9.73. The number of nitrogens with zero attached hydrogens (tertiary/aromatic N) is 3. The first-order valence-corrected chi connectivity index (χ1v) is 12.1. The summed E-state index contributed by atoms with van der Waals surface area (Å²) < 4.78 is 20.4. The van der Waals surface area contributed by atoms with Gasteiger partial charge in [0.15, 0.2) is 5.82 Å². The summed E-state index contributed by atoms with van der Waals surface area (Å²) in [6.45, 7) is 4.25. The zero-order chi connectivity index (χ0) is 25.7. The number of ether oxygens (including phenoxy) is 1. The molecule has 2 aromatic carbocycles. The zero-order valence-corrected chi connectivity index (χ0v) is 20.8. The van der Waals surface area contributed by atoms with E-state index in [0.29, 0.717) is 24.5 Å². The molecule has 0 aliphatic heterocycles. The number of anilines is 1. The van der Waals surface area contributed by atoms with Gasteiger partial charge in [-0.1, -0.05) is 36.8 Å². The van der Waals surface area contributed by atoms with Gasteiger partial charge in [0.05, 0.1) is 6.54 Å². The molecule has 9 heteroatoms. The Balaban J connectivity index is 1.52. The molecule has 0 spiro atoms. The molecule has 36 heavy (non-hydrogen) atoms. The summed E-state index contributed by atoms with van der Waals surface area (Å²) in [5, 5.41) is 10.1. The fourth-order valence-corrected chi connectivity index (χ4v) is 4.58. The van der Waals surface area contributed by atoms with Crippen LogP contribution in [0.2, 0.25) is 0 Å². The number of amides is 2. The van der Waals surface area contributed by atoms with Crippen LogP contribution in [0.15, 0.2) is 54.6 Å². The van der Waals surface area contributed by atoms with Crippen LogP contribution >= 0.6 is 0 Å². The highest BCUT2D eigenvalue weighted by atomic mass is 19.1. The molecular weight excluding hydrogens is 461 g/mol. The first kappa shape index (κ1) is 25.5. The minimum atomic E-state index is -1.18. The van der Waals surface area contributed by atoms with Gasteiger partial charge < -0.3 is 10.1 Å². The molecule has 1 aliphatic carbocycles. The second kappa shape index (κ2) is 11.0. The summed E-state index contributed by atoms with van der Waals surface area (Å²) in [7, 11) is 1.63. The lowest BCUT2D eigenvalue weighted by Crippen LogP contribution is -2.54. The molecule has 0 radical (unpaired) electrons. The molecular formula is C27H32FN5O3. The van der Waals surface area contributed by atoms with E-state index in [2.05, 4.69) is 20.7 Å². The Kier molecular flexibility index (Phi) is 7.79. The third-order valence-corrected chi connectivity index (χ3v) is 6.55. The summed E-state index contributed by atoms with van der Waals surface area (Å²) in [6.07, 6.45) is 2.69. The quantitative estimate of drug-likeness (QED) is 0.469. The molecule has 3 aromatic rings. The lowest BCUT2D eigenvalue weighted by atomic mass is 9.94. The van der Waals surface area contributed by atoms with Crippen molar-refractivity contribution in [1.82, 2.24) is 20.1 Å². The van der Waals surface area contributed by atoms with Gasteiger partial charge in [-0.15, -0.1) is 5.10 Å². The third kappa shape index (κ3) is 5.96. The SMILES string of the molecule is COC[C@H]1CCCC1C(=O)NC(C)(C)C(=O)Nc1nc(-c2ccc(F)cc2)n(Cc2ccccc2)n1. The van der Waals surface area contributed by atoms with Crippen LogP contribution in [0.4, 0.5) is 10.3 Å². The van der Waals surface area contributed by atoms with Gasteiger partial charge in [0.1, 0.15) is 11.4 Å². The van der Waals surface area contributed by atoms with E-state index in [1.807, 2.05) is 30.3 Å². The van der Waals surface area contributed by atoms with Crippen molar-refractivity contribution in [3.05, 3.63) is 66.0 Å². The van der Waals surface area contributed by atoms with Crippen molar-refractivity contribution in [2.75, 3.05) is 19.0 Å². The molecule has 0 saturated heterocycles. The fourth-order valence-electron chi connectivity index (χ4n) is 4.58. The second-order valence-electron chi connectivity index (χ2n) is 9.73. The van der Waals surface area contributed by atoms with Gasteiger partial charge in [-0.2, -0.15) is 4.98 Å². The maximum Gasteiger partial charge on any atom is 0.251 e. The van der Waals surface area contributed by atoms with Crippen LogP contribution < -0.4 is 10.6 Å². The number of hydrogen-bond acceptors (Lipinski definition) is 5. The molecule has 8 nitrogen and oxygen atoms in total. The van der Waals surface area contributed by atoms with Gasteiger partial charge in [-0.05, 0) is 62.4 Å². The van der Waals surface area contributed by atoms with E-state index < -0.39 is 11.4 Å². The summed E-state index contributed by atoms with van der Waals surface area (Å²) in [6, 6.07) is 15.7. The summed E-state index contributed by atoms with van der Waals surface area (Å²) in [5.41, 5.74) is 0.481. The van der Waals surface area contributed by atoms with Gasteiger partial charge in [0.2, 0.25) is 11.9 Å². The third-order valence-electron chi connectivity index (χ3n) is 6.55. The Morgan fingerprint density at radius 3 is 2.53 bits per heavy atom. The number of methoxy groups -OCH3 is 1. The first-order chi connectivity index (χ1) is 17.3. The van der Waals surface area contributed by atoms with E-state index in [4.69, 9.17) is 4.74 Å². The van der Waals surface area contributed by atoms with Crippen molar-refractivity contribution in [2.24, 2.45) is 11.8 Å². The molecule has 1 aliphatic rings. The van der Waals surface area contributed by atoms with Gasteiger partial charge in [-0.3, -0.25) is 14.9 Å². The number of halogens is 1. The molecule has 2 N–H and O–H groups in total. The Morgan fingerprint density at radius 2 is 1.83 bits per heavy atom. The smallest absolute Gasteiger partial charge is 0.251 e. The van der Waals surface area contributed by atoms with Crippen molar-refractivity contribution in [1.29, 1.82) is 0 Å². The van der Waals surface area contributed by atoms with Crippen LogP contribution in [0.5, 0.6) is 0 Å². The van der Waals surface area contributed by atoms with Crippen molar-refractivity contribution in [2.45, 2.75) is 45.2 Å². The van der Waals surface area contributed by atoms with E-state index in [1.165, 1.54) is 12.1 Å². The molecule has 2 amide bonds. The number of benzene rings is 2. The number of hydrogen-bond donors (Lipinski definition) is 2. The van der Waals surface area contributed by atoms with Crippen LogP contribution in [0.3, 0.4) is 0 Å². The Morgan fingerprint density at radius 1 is 1.11 bits per heavy atom. The zero-order valence-electron chi connectivity index (χ0n) is 20.8. The van der Waals surface area contributed by atoms with Crippen LogP contribution in [0.25, 0.3) is 11.4 Å². The number of rotatable bonds is 9. The van der Waals surface area contributed by atoms with E-state index in [-0.39, 0.29) is 29.5 Å². The van der Waals surface area contributed by atoms with Crippen molar-refractivity contribution < 1.29 is 18.7 Å². The standard InChI is InChI=1S/C27H32FN5O3/c1-27(2,31-24(34)22-11-7-10-20(22)17-36-3)25(35)30-26-29-23(19-12-14-21(28)15-13-19)33(32-26)16-18-8-5-4-6-9-18/h4-6,8-9,12-15,20,22H,7,10-11,16-17H2,1-3H3,(H,31,34)(H,30,32,35)/t20-,22?/m1/s1. The maximum atomic E-state index is 13.5. The highest BCUT2D eigenvalue weighted by molar-refractivity contribution is 5.99. The van der Waals surface area contributed by atoms with Crippen molar-refractivity contribution >= 4 is 17.8 Å². The molecule has 1 heterocycles. The summed E-state index contributed by atoms with van der Waals surface area (Å²) in [4.78, 5) is 30.6. The Labute approximate surface area is 210 Å². The predicted molar refractivity (Wildman–Crippen MR) is 135 cm³/mol. The van der Waals surface area contributed by atoms with Crippen molar-refractivity contribution in [3.8, 4) is 11.4 Å². The lowest BCUT2D eigenvalue weighted by Gasteiger charge is -2.27. The van der Waals surface area contributed by atoms with Crippen molar-refractivity contribution in [3.63, 3.8) is 0 Å². The van der Waals surface area contributed by atoms with Gasteiger partial charge in [0, 0.05) is 25.2 Å². The van der Waals surface area contributed by atoms with Crippen LogP contribution in [-0.4, -0.2) is 45.8 Å². The Hall–Kier alpha value is -3.59. The molecule has 1 aromatic heterocycles. The topological polar surface area (TPSA) is 98.1 Å². The number of carbonyl (C=O) groups is 2. The minimum absolute atomic E-state index is 0.107. The lowest BCUT2D eigenvalue weighted by molar-refractivity contribution is -0.133. The van der Waals surface area contributed by atoms with Gasteiger partial charge >= 0.3 is 0 Å². The molecule has 1 saturated carbocycles. The first-order valence-electron chi connectivity index (χ1n) is 12.1. The monoisotopic (exact) mass is 493 g/mol. The van der Waals surface area contributed by atoms with E-state index in [9.17, 15) is 14.0 Å². The molecule has 4 rings (SSSR count). The summed E-state index contributed by atoms with van der Waals surface area (Å²) in [5.74, 6) is -0.356. The average Bonchev–Trinajstić information content (AvgIpc) is 3.47. The summed E-state index contributed by atoms with van der Waals surface area (Å²) >= 11 is 0. The number of nitrogens with one attached hydrogen (secondary N) is 2. The molecule has 1 unspecified atom stereocenters. The molecule has 2 atom stereocenters. The largest absolute Gasteiger partial charge is 0.384 e. The Bertz CT molecular complexity index is 1190. The van der Waals surface area contributed by atoms with Gasteiger partial charge in [-0.25, -0.2) is 9.07 Å². The maximum absolute atomic E-state index is 13.5. The highest BCUT2D eigenvalue weighted by Crippen LogP contribution is 2.32. The highest BCUT2D eigenvalue weighted by Gasteiger charge is 2.38. The number of aromatic nitrogens is 3. The normalized spacial score (nSPS) is 17.7. The molecule has 1 fully saturated rings. The van der Waals surface area contributed by atoms with E-state index in [0.717, 1.165) is 24.8 Å². The van der Waals surface area contributed by atoms with Gasteiger partial charge in [0.25, 0.3) is 5.91 Å².